The molecular formula is C15H22N2O2. The second-order valence-electron chi connectivity index (χ2n) is 5.41. The lowest BCUT2D eigenvalue weighted by Crippen LogP contribution is -2.32. The summed E-state index contributed by atoms with van der Waals surface area (Å²) < 4.78 is 0. The van der Waals surface area contributed by atoms with E-state index in [1.54, 1.807) is 0 Å². The lowest BCUT2D eigenvalue weighted by atomic mass is 9.97. The summed E-state index contributed by atoms with van der Waals surface area (Å²) >= 11 is 0. The number of anilines is 1. The summed E-state index contributed by atoms with van der Waals surface area (Å²) in [5, 5.41) is 8.90. The normalized spacial score (nSPS) is 16.7. The van der Waals surface area contributed by atoms with E-state index in [-0.39, 0.29) is 0 Å². The number of aryl methyl sites for hydroxylation is 2. The van der Waals surface area contributed by atoms with Crippen molar-refractivity contribution >= 4 is 11.7 Å². The first kappa shape index (κ1) is 13.9. The molecular weight excluding hydrogens is 240 g/mol. The Hall–Kier alpha value is -1.55. The van der Waals surface area contributed by atoms with Crippen molar-refractivity contribution in [2.45, 2.75) is 39.2 Å². The molecule has 19 heavy (non-hydrogen) atoms. The molecule has 2 rings (SSSR count). The summed E-state index contributed by atoms with van der Waals surface area (Å²) in [6.07, 6.45) is 2.90. The molecule has 1 aromatic rings. The van der Waals surface area contributed by atoms with Crippen LogP contribution in [0.4, 0.5) is 5.69 Å². The van der Waals surface area contributed by atoms with Crippen LogP contribution in [0.1, 0.15) is 29.5 Å². The Balaban J connectivity index is 2.23. The number of nitrogens with two attached hydrogens (primary N) is 1. The second kappa shape index (κ2) is 5.61. The average molecular weight is 262 g/mol. The van der Waals surface area contributed by atoms with Crippen LogP contribution in [-0.2, 0) is 11.2 Å². The third-order valence-electron chi connectivity index (χ3n) is 3.86. The third kappa shape index (κ3) is 3.07. The Labute approximate surface area is 114 Å². The summed E-state index contributed by atoms with van der Waals surface area (Å²) in [4.78, 5) is 13.2. The maximum Gasteiger partial charge on any atom is 0.320 e. The molecule has 0 aliphatic carbocycles. The van der Waals surface area contributed by atoms with E-state index in [0.29, 0.717) is 6.42 Å². The fourth-order valence-electron chi connectivity index (χ4n) is 2.70. The Bertz CT molecular complexity index is 479. The van der Waals surface area contributed by atoms with Crippen molar-refractivity contribution in [1.82, 2.24) is 0 Å². The van der Waals surface area contributed by atoms with Crippen LogP contribution < -0.4 is 10.6 Å². The van der Waals surface area contributed by atoms with Gasteiger partial charge in [-0.15, -0.1) is 0 Å². The Kier molecular flexibility index (Phi) is 4.10. The highest BCUT2D eigenvalue weighted by Gasteiger charge is 2.18. The van der Waals surface area contributed by atoms with E-state index in [4.69, 9.17) is 10.8 Å². The molecule has 3 N–H and O–H groups in total. The van der Waals surface area contributed by atoms with E-state index >= 15 is 0 Å². The number of nitrogens with zero attached hydrogens (tertiary/aromatic N) is 1. The highest BCUT2D eigenvalue weighted by molar-refractivity contribution is 5.73. The predicted octanol–water partition coefficient (Wildman–Crippen LogP) is 1.86. The molecule has 1 heterocycles. The molecule has 4 nitrogen and oxygen atoms in total. The fourth-order valence-corrected chi connectivity index (χ4v) is 2.70. The van der Waals surface area contributed by atoms with Gasteiger partial charge in [-0.25, -0.2) is 0 Å². The van der Waals surface area contributed by atoms with Crippen molar-refractivity contribution in [3.05, 3.63) is 28.8 Å². The summed E-state index contributed by atoms with van der Waals surface area (Å²) in [6, 6.07) is 3.44. The quantitative estimate of drug-likeness (QED) is 0.869. The van der Waals surface area contributed by atoms with Crippen molar-refractivity contribution < 1.29 is 9.90 Å². The van der Waals surface area contributed by atoms with Crippen molar-refractivity contribution in [1.29, 1.82) is 0 Å². The van der Waals surface area contributed by atoms with Crippen LogP contribution in [0.15, 0.2) is 12.1 Å². The molecule has 1 unspecified atom stereocenters. The molecule has 1 atom stereocenters. The van der Waals surface area contributed by atoms with Crippen LogP contribution in [0, 0.1) is 13.8 Å². The van der Waals surface area contributed by atoms with E-state index in [1.807, 2.05) is 6.92 Å². The van der Waals surface area contributed by atoms with Gasteiger partial charge in [0.15, 0.2) is 0 Å². The number of benzene rings is 1. The molecule has 1 aliphatic heterocycles. The van der Waals surface area contributed by atoms with E-state index in [9.17, 15) is 4.79 Å². The van der Waals surface area contributed by atoms with Crippen LogP contribution in [0.5, 0.6) is 0 Å². The first-order valence-electron chi connectivity index (χ1n) is 6.82. The molecule has 1 aromatic carbocycles. The number of hydrogen-bond donors (Lipinski definition) is 2. The highest BCUT2D eigenvalue weighted by Crippen LogP contribution is 2.27. The number of hydrogen-bond acceptors (Lipinski definition) is 3. The zero-order chi connectivity index (χ0) is 14.0. The predicted molar refractivity (Wildman–Crippen MR) is 76.7 cm³/mol. The molecule has 0 bridgehead atoms. The molecule has 4 heteroatoms. The Morgan fingerprint density at radius 1 is 1.32 bits per heavy atom. The molecule has 0 amide bonds. The van der Waals surface area contributed by atoms with Crippen molar-refractivity contribution in [3.63, 3.8) is 0 Å². The summed E-state index contributed by atoms with van der Waals surface area (Å²) in [5.74, 6) is -0.944. The van der Waals surface area contributed by atoms with Crippen LogP contribution in [0.25, 0.3) is 0 Å². The number of rotatable bonds is 4. The third-order valence-corrected chi connectivity index (χ3v) is 3.86. The Morgan fingerprint density at radius 2 is 1.95 bits per heavy atom. The molecule has 0 radical (unpaired) electrons. The topological polar surface area (TPSA) is 66.6 Å². The van der Waals surface area contributed by atoms with E-state index in [2.05, 4.69) is 24.0 Å². The highest BCUT2D eigenvalue weighted by atomic mass is 16.4. The number of carbonyl (C=O) groups is 1. The molecule has 0 spiro atoms. The smallest absolute Gasteiger partial charge is 0.320 e. The second-order valence-corrected chi connectivity index (χ2v) is 5.41. The summed E-state index contributed by atoms with van der Waals surface area (Å²) in [7, 11) is 0. The zero-order valence-corrected chi connectivity index (χ0v) is 11.6. The van der Waals surface area contributed by atoms with Gasteiger partial charge in [-0.3, -0.25) is 4.79 Å². The van der Waals surface area contributed by atoms with E-state index in [1.165, 1.54) is 24.1 Å². The molecule has 104 valence electrons. The Morgan fingerprint density at radius 3 is 2.53 bits per heavy atom. The standard InChI is InChI=1S/C15H22N2O2/c1-10-8-14(17-5-3-4-6-17)11(2)7-12(10)9-13(16)15(18)19/h7-8,13H,3-6,9,16H2,1-2H3,(H,18,19). The zero-order valence-electron chi connectivity index (χ0n) is 11.6. The lowest BCUT2D eigenvalue weighted by Gasteiger charge is -2.22. The van der Waals surface area contributed by atoms with Crippen molar-refractivity contribution in [3.8, 4) is 0 Å². The average Bonchev–Trinajstić information content (AvgIpc) is 2.86. The molecule has 1 fully saturated rings. The van der Waals surface area contributed by atoms with Crippen molar-refractivity contribution in [2.24, 2.45) is 5.73 Å². The largest absolute Gasteiger partial charge is 0.480 e. The minimum absolute atomic E-state index is 0.391. The van der Waals surface area contributed by atoms with Crippen LogP contribution in [-0.4, -0.2) is 30.2 Å². The van der Waals surface area contributed by atoms with Crippen LogP contribution in [0.3, 0.4) is 0 Å². The number of carboxylic acids is 1. The van der Waals surface area contributed by atoms with E-state index < -0.39 is 12.0 Å². The van der Waals surface area contributed by atoms with Gasteiger partial charge in [0.05, 0.1) is 0 Å². The van der Waals surface area contributed by atoms with Crippen LogP contribution in [0.2, 0.25) is 0 Å². The van der Waals surface area contributed by atoms with Gasteiger partial charge in [0.25, 0.3) is 0 Å². The minimum atomic E-state index is -0.944. The summed E-state index contributed by atoms with van der Waals surface area (Å²) in [5.41, 5.74) is 10.3. The first-order chi connectivity index (χ1) is 8.99. The number of aliphatic carboxylic acids is 1. The first-order valence-corrected chi connectivity index (χ1v) is 6.82. The van der Waals surface area contributed by atoms with Gasteiger partial charge < -0.3 is 15.7 Å². The van der Waals surface area contributed by atoms with Crippen LogP contribution >= 0.6 is 0 Å². The molecule has 0 saturated carbocycles. The minimum Gasteiger partial charge on any atom is -0.480 e. The van der Waals surface area contributed by atoms with Gasteiger partial charge in [-0.1, -0.05) is 6.07 Å². The fraction of sp³-hybridized carbons (Fsp3) is 0.533. The maximum atomic E-state index is 10.8. The van der Waals surface area contributed by atoms with Crippen molar-refractivity contribution in [2.75, 3.05) is 18.0 Å². The van der Waals surface area contributed by atoms with Gasteiger partial charge in [-0.2, -0.15) is 0 Å². The van der Waals surface area contributed by atoms with Gasteiger partial charge in [0, 0.05) is 18.8 Å². The van der Waals surface area contributed by atoms with Gasteiger partial charge in [0.1, 0.15) is 6.04 Å². The SMILES string of the molecule is Cc1cc(N2CCCC2)c(C)cc1CC(N)C(=O)O. The lowest BCUT2D eigenvalue weighted by molar-refractivity contribution is -0.138. The monoisotopic (exact) mass is 262 g/mol. The number of carboxylic acid groups (broad SMARTS) is 1. The van der Waals surface area contributed by atoms with Gasteiger partial charge in [-0.05, 0) is 55.9 Å². The maximum absolute atomic E-state index is 10.8. The molecule has 1 aliphatic rings. The molecule has 0 aromatic heterocycles. The van der Waals surface area contributed by atoms with Gasteiger partial charge in [0.2, 0.25) is 0 Å². The molecule has 1 saturated heterocycles. The summed E-state index contributed by atoms with van der Waals surface area (Å²) in [6.45, 7) is 6.36. The van der Waals surface area contributed by atoms with Gasteiger partial charge >= 0.3 is 5.97 Å². The van der Waals surface area contributed by atoms with E-state index in [0.717, 1.165) is 24.2 Å².